The number of alkyl halides is 2. The average molecular weight is 940 g/mol. The number of carbonyl (C=O) groups excluding carboxylic acids is 3. The number of piperidine rings is 2. The van der Waals surface area contributed by atoms with Crippen molar-refractivity contribution in [1.82, 2.24) is 20.2 Å². The molecule has 2 aliphatic rings. The van der Waals surface area contributed by atoms with Crippen molar-refractivity contribution < 1.29 is 52.0 Å². The van der Waals surface area contributed by atoms with Crippen LogP contribution in [0.4, 0.5) is 46.2 Å². The van der Waals surface area contributed by atoms with Gasteiger partial charge in [0.15, 0.2) is 23.3 Å². The molecule has 2 fully saturated rings. The number of likely N-dealkylation sites (tertiary alicyclic amines) is 1. The molecular weight excluding hydrogens is 877 g/mol. The summed E-state index contributed by atoms with van der Waals surface area (Å²) in [5.74, 6) is -1.09. The lowest BCUT2D eigenvalue weighted by Crippen LogP contribution is -2.47. The Morgan fingerprint density at radius 3 is 1.38 bits per heavy atom. The van der Waals surface area contributed by atoms with E-state index in [1.54, 1.807) is 70.3 Å². The summed E-state index contributed by atoms with van der Waals surface area (Å²) in [6.45, 7) is 21.3. The van der Waals surface area contributed by atoms with E-state index in [1.165, 1.54) is 13.8 Å². The number of aromatic nitrogens is 2. The molecule has 0 bridgehead atoms. The van der Waals surface area contributed by atoms with Crippen LogP contribution in [0.2, 0.25) is 0 Å². The van der Waals surface area contributed by atoms with Gasteiger partial charge in [-0.25, -0.2) is 33.1 Å². The van der Waals surface area contributed by atoms with E-state index in [9.17, 15) is 43.4 Å². The fourth-order valence-corrected chi connectivity index (χ4v) is 5.89. The molecule has 0 aliphatic carbocycles. The number of nitrogens with zero attached hydrogens (tertiary/aromatic N) is 7. The van der Waals surface area contributed by atoms with E-state index in [1.807, 2.05) is 20.8 Å². The molecule has 19 nitrogen and oxygen atoms in total. The molecule has 2 aliphatic heterocycles. The van der Waals surface area contributed by atoms with Gasteiger partial charge in [-0.15, -0.1) is 23.2 Å². The molecule has 0 unspecified atom stereocenters. The molecule has 4 heterocycles. The van der Waals surface area contributed by atoms with Gasteiger partial charge in [-0.1, -0.05) is 0 Å². The number of nitrogens with one attached hydrogen (secondary N) is 1. The number of nitro groups is 2. The largest absolute Gasteiger partial charge is 0.519 e. The Labute approximate surface area is 377 Å². The summed E-state index contributed by atoms with van der Waals surface area (Å²) >= 11 is 9.53. The standard InChI is InChI=1S/C17H25FN4O4.C12H17FN4O2.C10H18O5.CH2Cl2/c1-11-14(22(24)25)10-13(18)15(19-11)20(5)12-6-8-21(9-7-12)16(23)26-17(2,3)4;1-8-11(17(18)19)7-10(13)12(15-8)16(2)9-3-5-14-6-4-9;1-9(2,3)14-7(11)13-8(12)15-10(4,5)6;2-1-3/h10,12H,6-9H2,1-5H3;7,9,14H,3-6H2,1-2H3;1-6H3;1H2. The van der Waals surface area contributed by atoms with Crippen LogP contribution in [0.5, 0.6) is 0 Å². The number of rotatable bonds is 6. The molecule has 2 saturated heterocycles. The molecule has 63 heavy (non-hydrogen) atoms. The van der Waals surface area contributed by atoms with E-state index in [2.05, 4.69) is 20.0 Å². The number of carbonyl (C=O) groups is 3. The first-order chi connectivity index (χ1) is 28.9. The molecule has 2 aromatic heterocycles. The van der Waals surface area contributed by atoms with Gasteiger partial charge in [0, 0.05) is 39.3 Å². The molecule has 0 radical (unpaired) electrons. The predicted molar refractivity (Wildman–Crippen MR) is 235 cm³/mol. The second-order valence-electron chi connectivity index (χ2n) is 17.3. The molecule has 2 aromatic rings. The number of halogens is 4. The van der Waals surface area contributed by atoms with Crippen molar-refractivity contribution in [2.24, 2.45) is 0 Å². The van der Waals surface area contributed by atoms with Gasteiger partial charge in [0.25, 0.3) is 11.4 Å². The zero-order valence-corrected chi connectivity index (χ0v) is 39.8. The van der Waals surface area contributed by atoms with Crippen molar-refractivity contribution in [2.45, 2.75) is 131 Å². The third-order valence-electron chi connectivity index (χ3n) is 8.77. The van der Waals surface area contributed by atoms with Crippen molar-refractivity contribution >= 4 is 64.6 Å². The number of pyridine rings is 2. The van der Waals surface area contributed by atoms with Crippen LogP contribution in [0.25, 0.3) is 0 Å². The third-order valence-corrected chi connectivity index (χ3v) is 8.77. The molecule has 1 N–H and O–H groups in total. The molecular formula is C40H62Cl2F2N8O11. The van der Waals surface area contributed by atoms with E-state index in [-0.39, 0.29) is 57.9 Å². The smallest absolute Gasteiger partial charge is 0.444 e. The van der Waals surface area contributed by atoms with Gasteiger partial charge in [-0.3, -0.25) is 20.2 Å². The van der Waals surface area contributed by atoms with Gasteiger partial charge in [0.2, 0.25) is 0 Å². The fraction of sp³-hybridized carbons (Fsp3) is 0.675. The Bertz CT molecular complexity index is 1840. The second-order valence-corrected chi connectivity index (χ2v) is 18.2. The summed E-state index contributed by atoms with van der Waals surface area (Å²) in [5, 5.41) is 25.1. The van der Waals surface area contributed by atoms with Crippen molar-refractivity contribution in [3.8, 4) is 0 Å². The third kappa shape index (κ3) is 20.4. The van der Waals surface area contributed by atoms with Crippen molar-refractivity contribution in [1.29, 1.82) is 0 Å². The first-order valence-electron chi connectivity index (χ1n) is 19.9. The fourth-order valence-electron chi connectivity index (χ4n) is 5.89. The van der Waals surface area contributed by atoms with E-state index >= 15 is 0 Å². The van der Waals surface area contributed by atoms with Crippen LogP contribution in [0.1, 0.15) is 99.4 Å². The highest BCUT2D eigenvalue weighted by atomic mass is 35.5. The van der Waals surface area contributed by atoms with Crippen molar-refractivity contribution in [2.75, 3.05) is 55.4 Å². The molecule has 0 atom stereocenters. The number of amides is 1. The highest BCUT2D eigenvalue weighted by Gasteiger charge is 2.31. The quantitative estimate of drug-likeness (QED) is 0.0712. The van der Waals surface area contributed by atoms with Gasteiger partial charge in [0.05, 0.1) is 27.3 Å². The number of aryl methyl sites for hydroxylation is 2. The highest BCUT2D eigenvalue weighted by Crippen LogP contribution is 2.29. The van der Waals surface area contributed by atoms with Crippen molar-refractivity contribution in [3.63, 3.8) is 0 Å². The highest BCUT2D eigenvalue weighted by molar-refractivity contribution is 6.40. The number of anilines is 2. The van der Waals surface area contributed by atoms with Crippen LogP contribution in [-0.2, 0) is 18.9 Å². The normalized spacial score (nSPS) is 14.5. The Morgan fingerprint density at radius 1 is 0.730 bits per heavy atom. The van der Waals surface area contributed by atoms with Gasteiger partial charge in [-0.05, 0) is 115 Å². The molecule has 356 valence electrons. The Balaban J connectivity index is 0.000000475. The number of hydrogen-bond acceptors (Lipinski definition) is 16. The maximum atomic E-state index is 14.3. The Hall–Kier alpha value is -4.89. The molecule has 4 rings (SSSR count). The Morgan fingerprint density at radius 2 is 1.06 bits per heavy atom. The second kappa shape index (κ2) is 24.8. The van der Waals surface area contributed by atoms with Crippen LogP contribution < -0.4 is 15.1 Å². The van der Waals surface area contributed by atoms with Crippen LogP contribution in [0.3, 0.4) is 0 Å². The summed E-state index contributed by atoms with van der Waals surface area (Å²) in [6, 6.07) is 2.06. The minimum absolute atomic E-state index is 0.0171. The van der Waals surface area contributed by atoms with E-state index in [0.29, 0.717) is 25.9 Å². The van der Waals surface area contributed by atoms with Gasteiger partial charge >= 0.3 is 18.4 Å². The Kier molecular flexibility index (Phi) is 22.1. The molecule has 0 saturated carbocycles. The monoisotopic (exact) mass is 938 g/mol. The average Bonchev–Trinajstić information content (AvgIpc) is 3.14. The minimum Gasteiger partial charge on any atom is -0.444 e. The molecule has 0 spiro atoms. The van der Waals surface area contributed by atoms with Crippen LogP contribution >= 0.6 is 23.2 Å². The zero-order chi connectivity index (χ0) is 48.6. The van der Waals surface area contributed by atoms with Crippen LogP contribution in [-0.4, -0.2) is 118 Å². The SMILES string of the molecule is CC(C)(C)OC(=O)OC(=O)OC(C)(C)C.Cc1nc(N(C)C2CCN(C(=O)OC(C)(C)C)CC2)c(F)cc1[N+](=O)[O-].Cc1nc(N(C)C2CCNCC2)c(F)cc1[N+](=O)[O-].ClCCl. The summed E-state index contributed by atoms with van der Waals surface area (Å²) in [5.41, 5.74) is -2.14. The minimum atomic E-state index is -1.06. The van der Waals surface area contributed by atoms with Crippen molar-refractivity contribution in [3.05, 3.63) is 55.4 Å². The lowest BCUT2D eigenvalue weighted by atomic mass is 10.0. The van der Waals surface area contributed by atoms with Crippen LogP contribution in [0.15, 0.2) is 12.1 Å². The van der Waals surface area contributed by atoms with E-state index in [0.717, 1.165) is 38.1 Å². The topological polar surface area (TPSA) is 222 Å². The predicted octanol–water partition coefficient (Wildman–Crippen LogP) is 9.19. The molecule has 1 amide bonds. The zero-order valence-electron chi connectivity index (χ0n) is 38.3. The summed E-state index contributed by atoms with van der Waals surface area (Å²) < 4.78 is 47.4. The van der Waals surface area contributed by atoms with Gasteiger partial charge < -0.3 is 39.0 Å². The van der Waals surface area contributed by atoms with E-state index in [4.69, 9.17) is 37.4 Å². The summed E-state index contributed by atoms with van der Waals surface area (Å²) in [6.07, 6.45) is 0.615. The summed E-state index contributed by atoms with van der Waals surface area (Å²) in [4.78, 5) is 67.8. The molecule has 23 heteroatoms. The van der Waals surface area contributed by atoms with Crippen LogP contribution in [0, 0.1) is 45.7 Å². The lowest BCUT2D eigenvalue weighted by molar-refractivity contribution is -0.386. The maximum absolute atomic E-state index is 14.3. The van der Waals surface area contributed by atoms with E-state index < -0.39 is 50.6 Å². The maximum Gasteiger partial charge on any atom is 0.519 e. The van der Waals surface area contributed by atoms with Gasteiger partial charge in [0.1, 0.15) is 28.2 Å². The lowest BCUT2D eigenvalue weighted by Gasteiger charge is -2.37. The first-order valence-corrected chi connectivity index (χ1v) is 21.0. The number of hydrogen-bond donors (Lipinski definition) is 1. The number of ether oxygens (including phenoxy) is 4. The summed E-state index contributed by atoms with van der Waals surface area (Å²) in [7, 11) is 3.50. The first kappa shape index (κ1) is 56.1. The van der Waals surface area contributed by atoms with Gasteiger partial charge in [-0.2, -0.15) is 0 Å². The molecule has 0 aromatic carbocycles.